The van der Waals surface area contributed by atoms with E-state index in [-0.39, 0.29) is 22.2 Å². The number of aryl methyl sites for hydroxylation is 1. The number of carbonyl (C=O) groups is 1. The number of ether oxygens (including phenoxy) is 1. The van der Waals surface area contributed by atoms with Crippen molar-refractivity contribution in [3.05, 3.63) is 98.0 Å². The molecule has 1 amide bonds. The summed E-state index contributed by atoms with van der Waals surface area (Å²) in [5.74, 6) is -0.214. The molecule has 3 aromatic rings. The second kappa shape index (κ2) is 10.4. The minimum absolute atomic E-state index is 0.0806. The smallest absolute Gasteiger partial charge is 0.266 e. The van der Waals surface area contributed by atoms with Gasteiger partial charge >= 0.3 is 0 Å². The van der Waals surface area contributed by atoms with Gasteiger partial charge in [0.1, 0.15) is 18.2 Å². The van der Waals surface area contributed by atoms with E-state index in [0.717, 1.165) is 11.1 Å². The lowest BCUT2D eigenvalue weighted by molar-refractivity contribution is -0.112. The minimum Gasteiger partial charge on any atom is -0.486 e. The maximum atomic E-state index is 12.5. The normalized spacial score (nSPS) is 11.0. The Kier molecular flexibility index (Phi) is 7.59. The molecule has 0 radical (unpaired) electrons. The lowest BCUT2D eigenvalue weighted by Gasteiger charge is -2.11. The van der Waals surface area contributed by atoms with Gasteiger partial charge in [0.05, 0.1) is 10.0 Å². The third kappa shape index (κ3) is 6.02. The summed E-state index contributed by atoms with van der Waals surface area (Å²) in [5, 5.41) is 13.3. The van der Waals surface area contributed by atoms with Gasteiger partial charge in [0.2, 0.25) is 0 Å². The van der Waals surface area contributed by atoms with Crippen LogP contribution in [0.3, 0.4) is 0 Å². The maximum Gasteiger partial charge on any atom is 0.266 e. The lowest BCUT2D eigenvalue weighted by Crippen LogP contribution is -2.14. The molecule has 0 atom stereocenters. The largest absolute Gasteiger partial charge is 0.486 e. The third-order valence-electron chi connectivity index (χ3n) is 4.36. The van der Waals surface area contributed by atoms with Crippen molar-refractivity contribution in [3.63, 3.8) is 0 Å². The topological polar surface area (TPSA) is 62.1 Å². The molecule has 0 aromatic heterocycles. The summed E-state index contributed by atoms with van der Waals surface area (Å²) >= 11 is 18.7. The van der Waals surface area contributed by atoms with E-state index in [1.807, 2.05) is 37.3 Å². The summed E-state index contributed by atoms with van der Waals surface area (Å²) in [5.41, 5.74) is 2.81. The predicted octanol–water partition coefficient (Wildman–Crippen LogP) is 7.08. The van der Waals surface area contributed by atoms with Crippen molar-refractivity contribution in [2.24, 2.45) is 0 Å². The molecule has 0 aliphatic carbocycles. The van der Waals surface area contributed by atoms with Crippen molar-refractivity contribution in [1.29, 1.82) is 5.26 Å². The van der Waals surface area contributed by atoms with Gasteiger partial charge in [-0.25, -0.2) is 0 Å². The SMILES string of the molecule is Cc1ccccc1NC(=O)/C(C#N)=C/c1cc(Cl)c(OCc2cccc(Cl)c2)c(Cl)c1. The van der Waals surface area contributed by atoms with Crippen LogP contribution in [0.25, 0.3) is 6.08 Å². The van der Waals surface area contributed by atoms with Crippen LogP contribution in [-0.4, -0.2) is 5.91 Å². The standard InChI is InChI=1S/C24H17Cl3N2O2/c1-15-5-2-3-8-22(15)29-24(30)18(13-28)9-17-11-20(26)23(21(27)12-17)31-14-16-6-4-7-19(25)10-16/h2-12H,14H2,1H3,(H,29,30)/b18-9+. The molecule has 156 valence electrons. The maximum absolute atomic E-state index is 12.5. The van der Waals surface area contributed by atoms with E-state index in [1.165, 1.54) is 6.08 Å². The Morgan fingerprint density at radius 2 is 1.77 bits per heavy atom. The number of amides is 1. The third-order valence-corrected chi connectivity index (χ3v) is 5.16. The number of nitriles is 1. The molecule has 4 nitrogen and oxygen atoms in total. The molecule has 0 aliphatic heterocycles. The van der Waals surface area contributed by atoms with Crippen LogP contribution in [0.2, 0.25) is 15.1 Å². The average Bonchev–Trinajstić information content (AvgIpc) is 2.73. The zero-order valence-corrected chi connectivity index (χ0v) is 18.7. The van der Waals surface area contributed by atoms with Gasteiger partial charge in [-0.2, -0.15) is 5.26 Å². The molecule has 3 rings (SSSR count). The first-order valence-electron chi connectivity index (χ1n) is 9.22. The first kappa shape index (κ1) is 22.7. The van der Waals surface area contributed by atoms with Crippen molar-refractivity contribution >= 4 is 52.5 Å². The summed E-state index contributed by atoms with van der Waals surface area (Å²) in [6, 6.07) is 19.6. The van der Waals surface area contributed by atoms with Gasteiger partial charge in [-0.1, -0.05) is 65.1 Å². The highest BCUT2D eigenvalue weighted by atomic mass is 35.5. The highest BCUT2D eigenvalue weighted by Gasteiger charge is 2.14. The van der Waals surface area contributed by atoms with Crippen LogP contribution in [0.15, 0.2) is 66.2 Å². The Labute approximate surface area is 195 Å². The molecule has 0 bridgehead atoms. The van der Waals surface area contributed by atoms with E-state index in [2.05, 4.69) is 5.32 Å². The highest BCUT2D eigenvalue weighted by Crippen LogP contribution is 2.35. The van der Waals surface area contributed by atoms with Crippen LogP contribution < -0.4 is 10.1 Å². The van der Waals surface area contributed by atoms with Crippen LogP contribution in [0.1, 0.15) is 16.7 Å². The van der Waals surface area contributed by atoms with E-state index >= 15 is 0 Å². The zero-order chi connectivity index (χ0) is 22.4. The molecular formula is C24H17Cl3N2O2. The number of nitrogens with one attached hydrogen (secondary N) is 1. The van der Waals surface area contributed by atoms with Crippen LogP contribution >= 0.6 is 34.8 Å². The quantitative estimate of drug-likeness (QED) is 0.308. The first-order valence-corrected chi connectivity index (χ1v) is 10.4. The Bertz CT molecular complexity index is 1180. The summed E-state index contributed by atoms with van der Waals surface area (Å²) in [7, 11) is 0. The van der Waals surface area contributed by atoms with Crippen molar-refractivity contribution in [2.75, 3.05) is 5.32 Å². The van der Waals surface area contributed by atoms with E-state index < -0.39 is 5.91 Å². The Morgan fingerprint density at radius 1 is 1.06 bits per heavy atom. The monoisotopic (exact) mass is 470 g/mol. The first-order chi connectivity index (χ1) is 14.9. The molecule has 0 fully saturated rings. The fourth-order valence-electron chi connectivity index (χ4n) is 2.80. The van der Waals surface area contributed by atoms with Gasteiger partial charge < -0.3 is 10.1 Å². The van der Waals surface area contributed by atoms with Gasteiger partial charge in [0.25, 0.3) is 5.91 Å². The van der Waals surface area contributed by atoms with E-state index in [9.17, 15) is 10.1 Å². The van der Waals surface area contributed by atoms with Gasteiger partial charge in [0, 0.05) is 10.7 Å². The summed E-state index contributed by atoms with van der Waals surface area (Å²) in [6.45, 7) is 2.10. The fourth-order valence-corrected chi connectivity index (χ4v) is 3.63. The van der Waals surface area contributed by atoms with Crippen molar-refractivity contribution < 1.29 is 9.53 Å². The number of carbonyl (C=O) groups excluding carboxylic acids is 1. The molecule has 0 spiro atoms. The average molecular weight is 472 g/mol. The Hall–Kier alpha value is -2.97. The highest BCUT2D eigenvalue weighted by molar-refractivity contribution is 6.37. The van der Waals surface area contributed by atoms with Crippen molar-refractivity contribution in [3.8, 4) is 11.8 Å². The second-order valence-corrected chi connectivity index (χ2v) is 7.92. The second-order valence-electron chi connectivity index (χ2n) is 6.67. The molecule has 3 aromatic carbocycles. The number of rotatable bonds is 6. The number of nitrogens with zero attached hydrogens (tertiary/aromatic N) is 1. The zero-order valence-electron chi connectivity index (χ0n) is 16.5. The van der Waals surface area contributed by atoms with Gasteiger partial charge in [-0.05, 0) is 60.0 Å². The van der Waals surface area contributed by atoms with Gasteiger partial charge in [-0.15, -0.1) is 0 Å². The summed E-state index contributed by atoms with van der Waals surface area (Å²) < 4.78 is 5.75. The molecule has 0 saturated carbocycles. The molecule has 31 heavy (non-hydrogen) atoms. The van der Waals surface area contributed by atoms with Gasteiger partial charge in [-0.3, -0.25) is 4.79 Å². The van der Waals surface area contributed by atoms with Crippen LogP contribution in [0.4, 0.5) is 5.69 Å². The minimum atomic E-state index is -0.523. The fraction of sp³-hybridized carbons (Fsp3) is 0.0833. The number of halogens is 3. The summed E-state index contributed by atoms with van der Waals surface area (Å²) in [6.07, 6.45) is 1.42. The molecular weight excluding hydrogens is 455 g/mol. The predicted molar refractivity (Wildman–Crippen MR) is 126 cm³/mol. The molecule has 0 heterocycles. The van der Waals surface area contributed by atoms with Gasteiger partial charge in [0.15, 0.2) is 5.75 Å². The number of benzene rings is 3. The van der Waals surface area contributed by atoms with Crippen molar-refractivity contribution in [2.45, 2.75) is 13.5 Å². The Balaban J connectivity index is 1.78. The van der Waals surface area contributed by atoms with Crippen LogP contribution in [-0.2, 0) is 11.4 Å². The van der Waals surface area contributed by atoms with E-state index in [1.54, 1.807) is 36.4 Å². The van der Waals surface area contributed by atoms with Crippen LogP contribution in [0.5, 0.6) is 5.75 Å². The number of hydrogen-bond donors (Lipinski definition) is 1. The van der Waals surface area contributed by atoms with Crippen molar-refractivity contribution in [1.82, 2.24) is 0 Å². The molecule has 0 aliphatic rings. The lowest BCUT2D eigenvalue weighted by atomic mass is 10.1. The molecule has 0 saturated heterocycles. The molecule has 1 N–H and O–H groups in total. The van der Waals surface area contributed by atoms with E-state index in [4.69, 9.17) is 39.5 Å². The summed E-state index contributed by atoms with van der Waals surface area (Å²) in [4.78, 5) is 12.5. The van der Waals surface area contributed by atoms with E-state index in [0.29, 0.717) is 22.0 Å². The molecule has 0 unspecified atom stereocenters. The number of para-hydroxylation sites is 1. The number of anilines is 1. The number of hydrogen-bond acceptors (Lipinski definition) is 3. The van der Waals surface area contributed by atoms with Crippen LogP contribution in [0, 0.1) is 18.3 Å². The molecule has 7 heteroatoms. The Morgan fingerprint density at radius 3 is 2.42 bits per heavy atom.